The van der Waals surface area contributed by atoms with Gasteiger partial charge in [-0.1, -0.05) is 6.92 Å². The van der Waals surface area contributed by atoms with Crippen LogP contribution in [0.15, 0.2) is 30.5 Å². The van der Waals surface area contributed by atoms with Gasteiger partial charge in [-0.15, -0.1) is 0 Å². The molecule has 7 heteroatoms. The number of ketones is 1. The highest BCUT2D eigenvalue weighted by Crippen LogP contribution is 2.18. The molecule has 0 aliphatic carbocycles. The third-order valence-corrected chi connectivity index (χ3v) is 3.55. The van der Waals surface area contributed by atoms with Crippen molar-refractivity contribution in [1.29, 1.82) is 5.26 Å². The molecule has 0 spiro atoms. The summed E-state index contributed by atoms with van der Waals surface area (Å²) in [7, 11) is 0. The molecule has 1 aromatic carbocycles. The smallest absolute Gasteiger partial charge is 0.245 e. The Labute approximate surface area is 138 Å². The summed E-state index contributed by atoms with van der Waals surface area (Å²) in [5.74, 6) is -3.01. The van der Waals surface area contributed by atoms with Crippen LogP contribution in [0.2, 0.25) is 0 Å². The molecule has 0 aliphatic heterocycles. The highest BCUT2D eigenvalue weighted by atomic mass is 19.1. The first-order chi connectivity index (χ1) is 11.5. The van der Waals surface area contributed by atoms with Gasteiger partial charge in [0.1, 0.15) is 5.82 Å². The molecule has 2 rings (SSSR count). The van der Waals surface area contributed by atoms with Crippen molar-refractivity contribution < 1.29 is 14.0 Å². The molecule has 1 heterocycles. The minimum Gasteiger partial charge on any atom is -0.355 e. The van der Waals surface area contributed by atoms with E-state index in [2.05, 4.69) is 10.4 Å². The topological polar surface area (TPSA) is 87.8 Å². The quantitative estimate of drug-likeness (QED) is 0.650. The van der Waals surface area contributed by atoms with Gasteiger partial charge in [-0.05, 0) is 37.6 Å². The fourth-order valence-electron chi connectivity index (χ4n) is 2.24. The number of halogens is 1. The van der Waals surface area contributed by atoms with Gasteiger partial charge >= 0.3 is 0 Å². The van der Waals surface area contributed by atoms with Crippen molar-refractivity contribution in [3.63, 3.8) is 0 Å². The number of carbonyl (C=O) groups is 2. The predicted molar refractivity (Wildman–Crippen MR) is 85.0 cm³/mol. The highest BCUT2D eigenvalue weighted by Gasteiger charge is 2.29. The van der Waals surface area contributed by atoms with Crippen molar-refractivity contribution in [2.45, 2.75) is 20.3 Å². The standard InChI is InChI=1S/C17H17FN4O2/c1-3-8-20-17(24)14(9-19)16(23)15-10-21-22(11(15)2)13-6-4-12(18)5-7-13/h4-7,10,14H,3,8H2,1-2H3,(H,20,24). The Morgan fingerprint density at radius 3 is 2.62 bits per heavy atom. The first kappa shape index (κ1) is 17.3. The molecule has 0 fully saturated rings. The Kier molecular flexibility index (Phi) is 5.42. The van der Waals surface area contributed by atoms with Crippen LogP contribution in [0.4, 0.5) is 4.39 Å². The second kappa shape index (κ2) is 7.51. The van der Waals surface area contributed by atoms with Gasteiger partial charge in [-0.3, -0.25) is 9.59 Å². The van der Waals surface area contributed by atoms with E-state index in [0.717, 1.165) is 0 Å². The van der Waals surface area contributed by atoms with Gasteiger partial charge in [0.05, 0.1) is 29.2 Å². The number of benzene rings is 1. The van der Waals surface area contributed by atoms with E-state index in [1.807, 2.05) is 6.92 Å². The molecule has 2 aromatic rings. The maximum Gasteiger partial charge on any atom is 0.245 e. The molecular weight excluding hydrogens is 311 g/mol. The molecule has 124 valence electrons. The third-order valence-electron chi connectivity index (χ3n) is 3.55. The third kappa shape index (κ3) is 3.49. The van der Waals surface area contributed by atoms with Crippen LogP contribution >= 0.6 is 0 Å². The number of carbonyl (C=O) groups excluding carboxylic acids is 2. The largest absolute Gasteiger partial charge is 0.355 e. The van der Waals surface area contributed by atoms with E-state index in [9.17, 15) is 19.2 Å². The average Bonchev–Trinajstić information content (AvgIpc) is 2.95. The lowest BCUT2D eigenvalue weighted by Crippen LogP contribution is -2.35. The maximum absolute atomic E-state index is 13.0. The highest BCUT2D eigenvalue weighted by molar-refractivity contribution is 6.12. The number of nitrogens with one attached hydrogen (secondary N) is 1. The number of Topliss-reactive ketones (excluding diaryl/α,β-unsaturated/α-hetero) is 1. The van der Waals surface area contributed by atoms with Crippen LogP contribution < -0.4 is 5.32 Å². The zero-order valence-electron chi connectivity index (χ0n) is 13.4. The number of aromatic nitrogens is 2. The summed E-state index contributed by atoms with van der Waals surface area (Å²) in [5.41, 5.74) is 1.25. The Balaban J connectivity index is 2.29. The van der Waals surface area contributed by atoms with Crippen molar-refractivity contribution in [2.24, 2.45) is 5.92 Å². The Morgan fingerprint density at radius 1 is 1.38 bits per heavy atom. The lowest BCUT2D eigenvalue weighted by Gasteiger charge is -2.09. The van der Waals surface area contributed by atoms with Gasteiger partial charge in [0.2, 0.25) is 5.91 Å². The number of amides is 1. The minimum absolute atomic E-state index is 0.192. The molecule has 0 saturated heterocycles. The Morgan fingerprint density at radius 2 is 2.04 bits per heavy atom. The molecule has 1 N–H and O–H groups in total. The second-order valence-corrected chi connectivity index (χ2v) is 5.25. The fraction of sp³-hybridized carbons (Fsp3) is 0.294. The van der Waals surface area contributed by atoms with Crippen LogP contribution in [0.3, 0.4) is 0 Å². The molecule has 1 unspecified atom stereocenters. The van der Waals surface area contributed by atoms with Crippen molar-refractivity contribution in [2.75, 3.05) is 6.54 Å². The maximum atomic E-state index is 13.0. The zero-order chi connectivity index (χ0) is 17.7. The van der Waals surface area contributed by atoms with Crippen molar-refractivity contribution in [3.8, 4) is 11.8 Å². The summed E-state index contributed by atoms with van der Waals surface area (Å²) in [4.78, 5) is 24.5. The van der Waals surface area contributed by atoms with Gasteiger partial charge in [0.25, 0.3) is 0 Å². The molecular formula is C17H17FN4O2. The number of rotatable bonds is 6. The van der Waals surface area contributed by atoms with Gasteiger partial charge in [-0.25, -0.2) is 9.07 Å². The van der Waals surface area contributed by atoms with Crippen LogP contribution in [0.5, 0.6) is 0 Å². The van der Waals surface area contributed by atoms with Gasteiger partial charge < -0.3 is 5.32 Å². The van der Waals surface area contributed by atoms with E-state index in [-0.39, 0.29) is 11.4 Å². The lowest BCUT2D eigenvalue weighted by atomic mass is 9.98. The summed E-state index contributed by atoms with van der Waals surface area (Å²) >= 11 is 0. The van der Waals surface area contributed by atoms with E-state index in [1.165, 1.54) is 35.1 Å². The molecule has 1 atom stereocenters. The fourth-order valence-corrected chi connectivity index (χ4v) is 2.24. The summed E-state index contributed by atoms with van der Waals surface area (Å²) in [6.07, 6.45) is 2.03. The van der Waals surface area contributed by atoms with Crippen molar-refractivity contribution in [3.05, 3.63) is 47.5 Å². The zero-order valence-corrected chi connectivity index (χ0v) is 13.4. The second-order valence-electron chi connectivity index (χ2n) is 5.25. The summed E-state index contributed by atoms with van der Waals surface area (Å²) in [6.45, 7) is 3.93. The monoisotopic (exact) mass is 328 g/mol. The van der Waals surface area contributed by atoms with Gasteiger partial charge in [0.15, 0.2) is 11.7 Å². The van der Waals surface area contributed by atoms with Crippen LogP contribution in [-0.2, 0) is 4.79 Å². The predicted octanol–water partition coefficient (Wildman–Crippen LogP) is 2.17. The van der Waals surface area contributed by atoms with E-state index >= 15 is 0 Å². The van der Waals surface area contributed by atoms with E-state index in [1.54, 1.807) is 13.0 Å². The summed E-state index contributed by atoms with van der Waals surface area (Å²) in [5, 5.41) is 15.8. The first-order valence-electron chi connectivity index (χ1n) is 7.51. The van der Waals surface area contributed by atoms with E-state index < -0.39 is 17.6 Å². The molecule has 1 amide bonds. The average molecular weight is 328 g/mol. The molecule has 0 aliphatic rings. The van der Waals surface area contributed by atoms with Gasteiger partial charge in [-0.2, -0.15) is 10.4 Å². The number of hydrogen-bond acceptors (Lipinski definition) is 4. The van der Waals surface area contributed by atoms with Gasteiger partial charge in [0, 0.05) is 6.54 Å². The number of nitriles is 1. The van der Waals surface area contributed by atoms with Crippen molar-refractivity contribution >= 4 is 11.7 Å². The van der Waals surface area contributed by atoms with Crippen LogP contribution in [0.1, 0.15) is 29.4 Å². The lowest BCUT2D eigenvalue weighted by molar-refractivity contribution is -0.122. The van der Waals surface area contributed by atoms with Crippen molar-refractivity contribution in [1.82, 2.24) is 15.1 Å². The first-order valence-corrected chi connectivity index (χ1v) is 7.51. The van der Waals surface area contributed by atoms with Crippen LogP contribution in [0, 0.1) is 30.0 Å². The molecule has 6 nitrogen and oxygen atoms in total. The molecule has 0 radical (unpaired) electrons. The molecule has 24 heavy (non-hydrogen) atoms. The minimum atomic E-state index is -1.42. The van der Waals surface area contributed by atoms with E-state index in [0.29, 0.717) is 24.3 Å². The molecule has 0 bridgehead atoms. The van der Waals surface area contributed by atoms with Crippen LogP contribution in [0.25, 0.3) is 5.69 Å². The number of hydrogen-bond donors (Lipinski definition) is 1. The van der Waals surface area contributed by atoms with E-state index in [4.69, 9.17) is 0 Å². The number of nitrogens with zero attached hydrogens (tertiary/aromatic N) is 3. The summed E-state index contributed by atoms with van der Waals surface area (Å²) < 4.78 is 14.5. The van der Waals surface area contributed by atoms with Crippen LogP contribution in [-0.4, -0.2) is 28.0 Å². The Hall–Kier alpha value is -3.01. The molecule has 1 aromatic heterocycles. The SMILES string of the molecule is CCCNC(=O)C(C#N)C(=O)c1cnn(-c2ccc(F)cc2)c1C. The molecule has 0 saturated carbocycles. The normalized spacial score (nSPS) is 11.6. The summed E-state index contributed by atoms with van der Waals surface area (Å²) in [6, 6.07) is 7.37. The Bertz CT molecular complexity index is 790.